The summed E-state index contributed by atoms with van der Waals surface area (Å²) in [6.07, 6.45) is 0. The number of carbonyl (C=O) groups excluding carboxylic acids is 2. The van der Waals surface area contributed by atoms with Crippen LogP contribution >= 0.6 is 34.9 Å². The molecule has 0 spiro atoms. The average molecular weight is 435 g/mol. The summed E-state index contributed by atoms with van der Waals surface area (Å²) in [5.41, 5.74) is 2.88. The standard InChI is InChI=1S/C19H18N2O4S3/c1-11-4-6-14(12(2)8-11)15(22)10-27-19-21-20-18(28-19)26-9-13-5-7-16(25-13)17(23)24-3/h4-8H,9-10H2,1-3H3. The van der Waals surface area contributed by atoms with Gasteiger partial charge in [-0.2, -0.15) is 0 Å². The lowest BCUT2D eigenvalue weighted by Crippen LogP contribution is -2.04. The minimum absolute atomic E-state index is 0.0813. The molecule has 2 aromatic heterocycles. The third-order valence-electron chi connectivity index (χ3n) is 3.78. The number of methoxy groups -OCH3 is 1. The Balaban J connectivity index is 1.52. The van der Waals surface area contributed by atoms with Crippen LogP contribution in [0.25, 0.3) is 0 Å². The Hall–Kier alpha value is -2.10. The molecule has 0 aliphatic heterocycles. The summed E-state index contributed by atoms with van der Waals surface area (Å²) in [5.74, 6) is 1.26. The molecule has 0 bridgehead atoms. The molecule has 0 radical (unpaired) electrons. The molecule has 0 atom stereocenters. The van der Waals surface area contributed by atoms with Crippen molar-refractivity contribution in [2.45, 2.75) is 28.3 Å². The van der Waals surface area contributed by atoms with E-state index in [4.69, 9.17) is 4.42 Å². The topological polar surface area (TPSA) is 82.3 Å². The fourth-order valence-electron chi connectivity index (χ4n) is 2.44. The zero-order valence-corrected chi connectivity index (χ0v) is 18.0. The highest BCUT2D eigenvalue weighted by Gasteiger charge is 2.14. The molecular weight excluding hydrogens is 416 g/mol. The minimum Gasteiger partial charge on any atom is -0.463 e. The second-order valence-electron chi connectivity index (χ2n) is 5.91. The summed E-state index contributed by atoms with van der Waals surface area (Å²) in [5, 5.41) is 8.27. The number of esters is 1. The fraction of sp³-hybridized carbons (Fsp3) is 0.263. The van der Waals surface area contributed by atoms with Crippen LogP contribution in [0.4, 0.5) is 0 Å². The Labute approximate surface area is 175 Å². The van der Waals surface area contributed by atoms with E-state index < -0.39 is 5.97 Å². The summed E-state index contributed by atoms with van der Waals surface area (Å²) in [6.45, 7) is 3.96. The van der Waals surface area contributed by atoms with Gasteiger partial charge in [0.05, 0.1) is 18.6 Å². The van der Waals surface area contributed by atoms with Gasteiger partial charge in [0, 0.05) is 5.56 Å². The zero-order chi connectivity index (χ0) is 20.1. The van der Waals surface area contributed by atoms with Crippen LogP contribution in [0.5, 0.6) is 0 Å². The molecule has 6 nitrogen and oxygen atoms in total. The normalized spacial score (nSPS) is 10.8. The first kappa shape index (κ1) is 20.6. The molecule has 0 aliphatic carbocycles. The van der Waals surface area contributed by atoms with Crippen molar-refractivity contribution < 1.29 is 18.7 Å². The van der Waals surface area contributed by atoms with Gasteiger partial charge in [-0.15, -0.1) is 10.2 Å². The summed E-state index contributed by atoms with van der Waals surface area (Å²) in [4.78, 5) is 23.8. The van der Waals surface area contributed by atoms with Crippen molar-refractivity contribution in [3.8, 4) is 0 Å². The Morgan fingerprint density at radius 1 is 1.11 bits per heavy atom. The van der Waals surface area contributed by atoms with Crippen LogP contribution in [0.15, 0.2) is 43.4 Å². The molecule has 3 rings (SSSR count). The maximum atomic E-state index is 12.4. The number of nitrogens with zero attached hydrogens (tertiary/aromatic N) is 2. The number of aryl methyl sites for hydroxylation is 2. The van der Waals surface area contributed by atoms with Gasteiger partial charge in [0.1, 0.15) is 5.76 Å². The van der Waals surface area contributed by atoms with Gasteiger partial charge in [-0.1, -0.05) is 58.6 Å². The first-order chi connectivity index (χ1) is 13.5. The summed E-state index contributed by atoms with van der Waals surface area (Å²) in [7, 11) is 1.31. The van der Waals surface area contributed by atoms with Crippen LogP contribution in [-0.2, 0) is 10.5 Å². The molecule has 9 heteroatoms. The molecule has 0 fully saturated rings. The van der Waals surface area contributed by atoms with Crippen LogP contribution in [0, 0.1) is 13.8 Å². The van der Waals surface area contributed by atoms with E-state index in [1.165, 1.54) is 42.0 Å². The molecule has 0 amide bonds. The molecule has 2 heterocycles. The van der Waals surface area contributed by atoms with Gasteiger partial charge >= 0.3 is 5.97 Å². The first-order valence-corrected chi connectivity index (χ1v) is 11.1. The quantitative estimate of drug-likeness (QED) is 0.284. The van der Waals surface area contributed by atoms with E-state index in [2.05, 4.69) is 14.9 Å². The third kappa shape index (κ3) is 5.24. The SMILES string of the molecule is COC(=O)c1ccc(CSc2nnc(SCC(=O)c3ccc(C)cc3C)s2)o1. The van der Waals surface area contributed by atoms with Crippen LogP contribution < -0.4 is 0 Å². The molecule has 0 N–H and O–H groups in total. The molecule has 1 aromatic carbocycles. The second kappa shape index (κ2) is 9.40. The predicted octanol–water partition coefficient (Wildman–Crippen LogP) is 4.80. The molecule has 0 aliphatic rings. The average Bonchev–Trinajstić information content (AvgIpc) is 3.33. The van der Waals surface area contributed by atoms with Gasteiger partial charge < -0.3 is 9.15 Å². The van der Waals surface area contributed by atoms with Crippen molar-refractivity contribution in [1.29, 1.82) is 0 Å². The van der Waals surface area contributed by atoms with Crippen molar-refractivity contribution in [1.82, 2.24) is 10.2 Å². The van der Waals surface area contributed by atoms with Crippen LogP contribution in [0.3, 0.4) is 0 Å². The first-order valence-electron chi connectivity index (χ1n) is 8.33. The lowest BCUT2D eigenvalue weighted by atomic mass is 10.0. The number of ketones is 1. The molecule has 3 aromatic rings. The number of rotatable bonds is 8. The van der Waals surface area contributed by atoms with Crippen LogP contribution in [-0.4, -0.2) is 34.8 Å². The summed E-state index contributed by atoms with van der Waals surface area (Å²) < 4.78 is 11.6. The zero-order valence-electron chi connectivity index (χ0n) is 15.6. The van der Waals surface area contributed by atoms with Gasteiger partial charge in [0.2, 0.25) is 5.76 Å². The number of benzene rings is 1. The van der Waals surface area contributed by atoms with E-state index in [9.17, 15) is 9.59 Å². The van der Waals surface area contributed by atoms with Gasteiger partial charge in [-0.25, -0.2) is 4.79 Å². The number of ether oxygens (including phenoxy) is 1. The number of thioether (sulfide) groups is 2. The van der Waals surface area contributed by atoms with E-state index in [1.807, 2.05) is 32.0 Å². The van der Waals surface area contributed by atoms with Gasteiger partial charge in [0.25, 0.3) is 0 Å². The number of hydrogen-bond acceptors (Lipinski definition) is 9. The Bertz CT molecular complexity index is 997. The monoisotopic (exact) mass is 434 g/mol. The molecule has 28 heavy (non-hydrogen) atoms. The molecule has 0 saturated carbocycles. The number of aromatic nitrogens is 2. The molecule has 0 unspecified atom stereocenters. The Morgan fingerprint density at radius 2 is 1.86 bits per heavy atom. The minimum atomic E-state index is -0.501. The summed E-state index contributed by atoms with van der Waals surface area (Å²) in [6, 6.07) is 9.16. The van der Waals surface area contributed by atoms with Crippen LogP contribution in [0.2, 0.25) is 0 Å². The Morgan fingerprint density at radius 3 is 2.57 bits per heavy atom. The van der Waals surface area contributed by atoms with E-state index in [0.717, 1.165) is 25.4 Å². The predicted molar refractivity (Wildman–Crippen MR) is 110 cm³/mol. The van der Waals surface area contributed by atoms with E-state index >= 15 is 0 Å². The van der Waals surface area contributed by atoms with Crippen molar-refractivity contribution in [2.75, 3.05) is 12.9 Å². The summed E-state index contributed by atoms with van der Waals surface area (Å²) >= 11 is 4.28. The van der Waals surface area contributed by atoms with Crippen molar-refractivity contribution in [3.63, 3.8) is 0 Å². The van der Waals surface area contributed by atoms with Crippen LogP contribution in [0.1, 0.15) is 37.8 Å². The highest BCUT2D eigenvalue weighted by atomic mass is 32.2. The maximum Gasteiger partial charge on any atom is 0.373 e. The highest BCUT2D eigenvalue weighted by molar-refractivity contribution is 8.03. The van der Waals surface area contributed by atoms with Gasteiger partial charge in [-0.05, 0) is 31.5 Å². The van der Waals surface area contributed by atoms with E-state index in [-0.39, 0.29) is 11.5 Å². The number of hydrogen-bond donors (Lipinski definition) is 0. The largest absolute Gasteiger partial charge is 0.463 e. The van der Waals surface area contributed by atoms with Crippen molar-refractivity contribution >= 4 is 46.6 Å². The maximum absolute atomic E-state index is 12.4. The van der Waals surface area contributed by atoms with Crippen molar-refractivity contribution in [3.05, 3.63) is 58.5 Å². The van der Waals surface area contributed by atoms with Crippen molar-refractivity contribution in [2.24, 2.45) is 0 Å². The smallest absolute Gasteiger partial charge is 0.373 e. The lowest BCUT2D eigenvalue weighted by molar-refractivity contribution is 0.0563. The number of carbonyl (C=O) groups is 2. The number of Topliss-reactive ketones (excluding diaryl/α,β-unsaturated/α-hetero) is 1. The number of furan rings is 1. The van der Waals surface area contributed by atoms with E-state index in [0.29, 0.717) is 17.3 Å². The van der Waals surface area contributed by atoms with E-state index in [1.54, 1.807) is 12.1 Å². The third-order valence-corrected chi connectivity index (χ3v) is 7.00. The van der Waals surface area contributed by atoms with Gasteiger partial charge in [-0.3, -0.25) is 4.79 Å². The molecule has 146 valence electrons. The second-order valence-corrected chi connectivity index (χ2v) is 9.33. The highest BCUT2D eigenvalue weighted by Crippen LogP contribution is 2.31. The molecular formula is C19H18N2O4S3. The molecule has 0 saturated heterocycles. The lowest BCUT2D eigenvalue weighted by Gasteiger charge is -2.04. The fourth-order valence-corrected chi connectivity index (χ4v) is 5.24. The van der Waals surface area contributed by atoms with Gasteiger partial charge in [0.15, 0.2) is 14.5 Å². The Kier molecular flexibility index (Phi) is 6.93.